The monoisotopic (exact) mass is 284 g/mol. The van der Waals surface area contributed by atoms with Crippen LogP contribution in [0, 0.1) is 20.8 Å². The summed E-state index contributed by atoms with van der Waals surface area (Å²) in [4.78, 5) is 0. The third-order valence-electron chi connectivity index (χ3n) is 0.204. The molecule has 4 nitrogen and oxygen atoms in total. The number of aliphatic hydroxyl groups excluding tert-OH is 3. The Hall–Kier alpha value is -0.226. The zero-order chi connectivity index (χ0) is 14.8. The first-order valence-electron chi connectivity index (χ1n) is 4.38. The molecule has 1 radical (unpaired) electrons. The predicted molar refractivity (Wildman–Crippen MR) is 74.6 cm³/mol. The van der Waals surface area contributed by atoms with E-state index in [2.05, 4.69) is 33.9 Å². The first kappa shape index (κ1) is 43.7. The molecule has 0 aliphatic heterocycles. The summed E-state index contributed by atoms with van der Waals surface area (Å²) < 4.78 is 0. The SMILES string of the molecule is C=C[CH2-].C=C[CH2-].CO.CO.CO.[CH2-]CCN.[Ti+3]. The first-order valence-corrected chi connectivity index (χ1v) is 4.38. The molecule has 0 fully saturated rings. The Bertz CT molecular complexity index is 57.7. The Morgan fingerprint density at radius 2 is 1.00 bits per heavy atom. The fraction of sp³-hybridized carbons (Fsp3) is 0.417. The van der Waals surface area contributed by atoms with Crippen molar-refractivity contribution in [2.24, 2.45) is 5.73 Å². The van der Waals surface area contributed by atoms with Gasteiger partial charge in [0.25, 0.3) is 0 Å². The van der Waals surface area contributed by atoms with Gasteiger partial charge in [0.2, 0.25) is 0 Å². The summed E-state index contributed by atoms with van der Waals surface area (Å²) in [7, 11) is 3.00. The van der Waals surface area contributed by atoms with Crippen molar-refractivity contribution in [3.8, 4) is 0 Å². The van der Waals surface area contributed by atoms with Crippen LogP contribution in [-0.4, -0.2) is 43.2 Å². The quantitative estimate of drug-likeness (QED) is 0.427. The molecule has 0 aliphatic rings. The molecule has 0 saturated heterocycles. The summed E-state index contributed by atoms with van der Waals surface area (Å²) >= 11 is 0. The number of nitrogens with two attached hydrogens (primary N) is 1. The average Bonchev–Trinajstić information content (AvgIpc) is 2.38. The molecule has 0 aromatic rings. The zero-order valence-corrected chi connectivity index (χ0v) is 13.1. The summed E-state index contributed by atoms with van der Waals surface area (Å²) in [5.41, 5.74) is 4.97. The summed E-state index contributed by atoms with van der Waals surface area (Å²) in [6, 6.07) is 0. The van der Waals surface area contributed by atoms with Gasteiger partial charge in [-0.1, -0.05) is 0 Å². The van der Waals surface area contributed by atoms with Crippen molar-refractivity contribution in [2.75, 3.05) is 27.9 Å². The van der Waals surface area contributed by atoms with Gasteiger partial charge in [0.15, 0.2) is 0 Å². The normalized spacial score (nSPS) is 4.24. The Morgan fingerprint density at radius 1 is 0.941 bits per heavy atom. The van der Waals surface area contributed by atoms with Crippen LogP contribution in [0.1, 0.15) is 6.42 Å². The minimum absolute atomic E-state index is 0. The molecule has 0 saturated carbocycles. The van der Waals surface area contributed by atoms with Crippen molar-refractivity contribution in [3.63, 3.8) is 0 Å². The number of hydrogen-bond acceptors (Lipinski definition) is 4. The molecule has 0 aromatic heterocycles. The van der Waals surface area contributed by atoms with Crippen LogP contribution in [-0.2, 0) is 21.7 Å². The Kier molecular flexibility index (Phi) is 621. The molecule has 0 atom stereocenters. The summed E-state index contributed by atoms with van der Waals surface area (Å²) in [5.74, 6) is 0. The molecular weight excluding hydrogens is 254 g/mol. The Balaban J connectivity index is -0.0000000143. The number of allylic oxidation sites excluding steroid dienone is 2. The molecule has 17 heavy (non-hydrogen) atoms. The molecule has 105 valence electrons. The average molecular weight is 284 g/mol. The van der Waals surface area contributed by atoms with E-state index in [1.54, 1.807) is 0 Å². The molecule has 0 heterocycles. The standard InChI is InChI=1S/C3H8N.2C3H5.3CH4O.Ti/c1-2-3-4;2*1-3-2;3*1-2;/h1-4H2;2*3H,1-2H2;3*2H,1H3;/q3*-1;;;;+3. The fourth-order valence-electron chi connectivity index (χ4n) is 0. The molecule has 0 aromatic carbocycles. The second kappa shape index (κ2) is 242. The van der Waals surface area contributed by atoms with Crippen LogP contribution in [0.25, 0.3) is 0 Å². The fourth-order valence-corrected chi connectivity index (χ4v) is 0. The molecule has 0 bridgehead atoms. The van der Waals surface area contributed by atoms with Gasteiger partial charge in [0.1, 0.15) is 0 Å². The van der Waals surface area contributed by atoms with E-state index in [1.165, 1.54) is 12.2 Å². The van der Waals surface area contributed by atoms with Crippen molar-refractivity contribution in [1.82, 2.24) is 0 Å². The minimum Gasteiger partial charge on any atom is -0.400 e. The topological polar surface area (TPSA) is 86.7 Å². The molecule has 5 heteroatoms. The van der Waals surface area contributed by atoms with Crippen LogP contribution in [0.2, 0.25) is 0 Å². The Morgan fingerprint density at radius 3 is 1.00 bits per heavy atom. The first-order chi connectivity index (χ1) is 7.74. The van der Waals surface area contributed by atoms with Crippen LogP contribution in [0.3, 0.4) is 0 Å². The predicted octanol–water partition coefficient (Wildman–Crippen LogP) is 1.01. The molecular formula is C12H30NO3Ti. The number of rotatable bonds is 1. The van der Waals surface area contributed by atoms with Crippen LogP contribution in [0.15, 0.2) is 25.3 Å². The number of hydrogen-bond donors (Lipinski definition) is 4. The van der Waals surface area contributed by atoms with Crippen molar-refractivity contribution in [2.45, 2.75) is 6.42 Å². The van der Waals surface area contributed by atoms with Gasteiger partial charge in [-0.3, -0.25) is 0 Å². The third kappa shape index (κ3) is 4990. The van der Waals surface area contributed by atoms with E-state index in [0.29, 0.717) is 6.54 Å². The largest absolute Gasteiger partial charge is 3.00 e. The van der Waals surface area contributed by atoms with Crippen LogP contribution in [0.4, 0.5) is 0 Å². The molecule has 0 aliphatic carbocycles. The van der Waals surface area contributed by atoms with Gasteiger partial charge in [-0.2, -0.15) is 6.42 Å². The summed E-state index contributed by atoms with van der Waals surface area (Å²) in [6.45, 7) is 17.2. The second-order valence-corrected chi connectivity index (χ2v) is 1.22. The van der Waals surface area contributed by atoms with Crippen LogP contribution < -0.4 is 5.73 Å². The van der Waals surface area contributed by atoms with Crippen molar-refractivity contribution < 1.29 is 37.0 Å². The van der Waals surface area contributed by atoms with Crippen molar-refractivity contribution in [1.29, 1.82) is 0 Å². The van der Waals surface area contributed by atoms with Gasteiger partial charge in [0, 0.05) is 21.3 Å². The summed E-state index contributed by atoms with van der Waals surface area (Å²) in [5, 5.41) is 21.0. The van der Waals surface area contributed by atoms with Gasteiger partial charge in [0.05, 0.1) is 0 Å². The maximum absolute atomic E-state index is 7.00. The van der Waals surface area contributed by atoms with Gasteiger partial charge < -0.3 is 28.0 Å². The maximum atomic E-state index is 7.00. The van der Waals surface area contributed by atoms with E-state index in [4.69, 9.17) is 21.1 Å². The van der Waals surface area contributed by atoms with Gasteiger partial charge in [-0.15, -0.1) is 0 Å². The molecule has 0 amide bonds. The van der Waals surface area contributed by atoms with Crippen LogP contribution >= 0.6 is 0 Å². The van der Waals surface area contributed by atoms with E-state index in [1.807, 2.05) is 0 Å². The third-order valence-corrected chi connectivity index (χ3v) is 0.204. The Labute approximate surface area is 123 Å². The maximum Gasteiger partial charge on any atom is 3.00 e. The van der Waals surface area contributed by atoms with Gasteiger partial charge in [-0.25, -0.2) is 39.2 Å². The van der Waals surface area contributed by atoms with Gasteiger partial charge in [-0.05, 0) is 6.54 Å². The van der Waals surface area contributed by atoms with E-state index in [0.717, 1.165) is 27.8 Å². The molecule has 0 spiro atoms. The molecule has 5 N–H and O–H groups in total. The molecule has 0 unspecified atom stereocenters. The van der Waals surface area contributed by atoms with Gasteiger partial charge >= 0.3 is 21.7 Å². The van der Waals surface area contributed by atoms with E-state index in [-0.39, 0.29) is 21.7 Å². The molecule has 0 rings (SSSR count). The zero-order valence-electron chi connectivity index (χ0n) is 11.5. The van der Waals surface area contributed by atoms with Crippen molar-refractivity contribution in [3.05, 3.63) is 46.1 Å². The minimum atomic E-state index is 0. The van der Waals surface area contributed by atoms with Crippen LogP contribution in [0.5, 0.6) is 0 Å². The van der Waals surface area contributed by atoms with Crippen molar-refractivity contribution >= 4 is 0 Å². The number of aliphatic hydroxyl groups is 3. The summed E-state index contributed by atoms with van der Waals surface area (Å²) in [6.07, 6.45) is 3.85. The smallest absolute Gasteiger partial charge is 0.400 e. The second-order valence-electron chi connectivity index (χ2n) is 1.22. The van der Waals surface area contributed by atoms with E-state index >= 15 is 0 Å². The van der Waals surface area contributed by atoms with E-state index < -0.39 is 0 Å². The van der Waals surface area contributed by atoms with E-state index in [9.17, 15) is 0 Å².